The van der Waals surface area contributed by atoms with Crippen molar-refractivity contribution >= 4 is 17.8 Å². The summed E-state index contributed by atoms with van der Waals surface area (Å²) >= 11 is 1.93. The molecule has 0 aliphatic carbocycles. The Kier molecular flexibility index (Phi) is 2.36. The van der Waals surface area contributed by atoms with Crippen LogP contribution in [0.15, 0.2) is 33.7 Å². The van der Waals surface area contributed by atoms with Gasteiger partial charge in [0.1, 0.15) is 0 Å². The van der Waals surface area contributed by atoms with E-state index >= 15 is 0 Å². The average molecular weight is 232 g/mol. The molecule has 0 atom stereocenters. The minimum atomic E-state index is 0.224. The van der Waals surface area contributed by atoms with Crippen LogP contribution in [0.5, 0.6) is 0 Å². The lowest BCUT2D eigenvalue weighted by molar-refractivity contribution is 0.594. The number of nitrogen functional groups attached to an aromatic ring is 1. The third-order valence-electron chi connectivity index (χ3n) is 2.72. The predicted octanol–water partition coefficient (Wildman–Crippen LogP) is 2.96. The van der Waals surface area contributed by atoms with Gasteiger partial charge in [0.15, 0.2) is 5.76 Å². The number of benzene rings is 1. The Morgan fingerprint density at radius 1 is 1.38 bits per heavy atom. The van der Waals surface area contributed by atoms with Gasteiger partial charge in [-0.2, -0.15) is 0 Å². The lowest BCUT2D eigenvalue weighted by Crippen LogP contribution is -1.98. The minimum Gasteiger partial charge on any atom is -0.424 e. The number of hydrogen-bond acceptors (Lipinski definition) is 4. The van der Waals surface area contributed by atoms with Crippen LogP contribution in [-0.4, -0.2) is 10.7 Å². The summed E-state index contributed by atoms with van der Waals surface area (Å²) in [4.78, 5) is 5.30. The van der Waals surface area contributed by atoms with Crippen LogP contribution >= 0.6 is 11.8 Å². The van der Waals surface area contributed by atoms with Crippen molar-refractivity contribution in [1.29, 1.82) is 0 Å². The Hall–Kier alpha value is -1.42. The summed E-state index contributed by atoms with van der Waals surface area (Å²) in [7, 11) is 0. The van der Waals surface area contributed by atoms with Gasteiger partial charge in [0.25, 0.3) is 6.01 Å². The first-order chi connectivity index (χ1) is 7.83. The van der Waals surface area contributed by atoms with Gasteiger partial charge >= 0.3 is 0 Å². The number of aromatic nitrogens is 1. The fraction of sp³-hybridized carbons (Fsp3) is 0.250. The molecule has 0 saturated carbocycles. The van der Waals surface area contributed by atoms with E-state index in [9.17, 15) is 0 Å². The van der Waals surface area contributed by atoms with Crippen LogP contribution in [0.1, 0.15) is 12.0 Å². The third kappa shape index (κ3) is 1.69. The normalized spacial score (nSPS) is 14.8. The van der Waals surface area contributed by atoms with Gasteiger partial charge < -0.3 is 10.2 Å². The molecule has 82 valence electrons. The van der Waals surface area contributed by atoms with Gasteiger partial charge in [-0.1, -0.05) is 6.07 Å². The van der Waals surface area contributed by atoms with E-state index in [-0.39, 0.29) is 6.01 Å². The molecule has 2 N–H and O–H groups in total. The van der Waals surface area contributed by atoms with Crippen LogP contribution in [0.4, 0.5) is 6.01 Å². The van der Waals surface area contributed by atoms with Crippen molar-refractivity contribution in [3.8, 4) is 11.3 Å². The zero-order valence-corrected chi connectivity index (χ0v) is 9.59. The summed E-state index contributed by atoms with van der Waals surface area (Å²) in [6.07, 6.45) is 4.08. The van der Waals surface area contributed by atoms with E-state index in [1.807, 2.05) is 11.8 Å². The quantitative estimate of drug-likeness (QED) is 0.821. The molecule has 0 saturated heterocycles. The molecule has 0 amide bonds. The van der Waals surface area contributed by atoms with Gasteiger partial charge in [-0.15, -0.1) is 11.8 Å². The van der Waals surface area contributed by atoms with Gasteiger partial charge in [-0.25, -0.2) is 4.98 Å². The van der Waals surface area contributed by atoms with Crippen molar-refractivity contribution in [2.45, 2.75) is 17.7 Å². The zero-order valence-electron chi connectivity index (χ0n) is 8.77. The third-order valence-corrected chi connectivity index (χ3v) is 3.92. The molecule has 2 heterocycles. The molecule has 2 aromatic rings. The molecule has 1 aliphatic heterocycles. The number of anilines is 1. The number of nitrogens with zero attached hydrogens (tertiary/aromatic N) is 1. The van der Waals surface area contributed by atoms with Gasteiger partial charge in [0.05, 0.1) is 6.20 Å². The number of aryl methyl sites for hydroxylation is 1. The van der Waals surface area contributed by atoms with Crippen molar-refractivity contribution in [3.63, 3.8) is 0 Å². The zero-order chi connectivity index (χ0) is 11.0. The number of thioether (sulfide) groups is 1. The Morgan fingerprint density at radius 2 is 2.31 bits per heavy atom. The van der Waals surface area contributed by atoms with Crippen molar-refractivity contribution < 1.29 is 4.42 Å². The molecule has 0 bridgehead atoms. The maximum absolute atomic E-state index is 5.47. The van der Waals surface area contributed by atoms with Gasteiger partial charge in [0.2, 0.25) is 0 Å². The highest BCUT2D eigenvalue weighted by Crippen LogP contribution is 2.33. The summed E-state index contributed by atoms with van der Waals surface area (Å²) in [6, 6.07) is 6.63. The molecule has 3 nitrogen and oxygen atoms in total. The average Bonchev–Trinajstić information content (AvgIpc) is 2.75. The van der Waals surface area contributed by atoms with E-state index in [4.69, 9.17) is 10.2 Å². The molecule has 0 radical (unpaired) electrons. The largest absolute Gasteiger partial charge is 0.424 e. The second-order valence-corrected chi connectivity index (χ2v) is 4.97. The molecule has 1 aliphatic rings. The van der Waals surface area contributed by atoms with Crippen LogP contribution in [0.2, 0.25) is 0 Å². The minimum absolute atomic E-state index is 0.224. The Balaban J connectivity index is 2.02. The highest BCUT2D eigenvalue weighted by molar-refractivity contribution is 7.99. The number of nitrogens with two attached hydrogens (primary N) is 1. The fourth-order valence-corrected chi connectivity index (χ4v) is 2.95. The molecular weight excluding hydrogens is 220 g/mol. The number of fused-ring (bicyclic) bond motifs is 1. The lowest BCUT2D eigenvalue weighted by atomic mass is 10.1. The topological polar surface area (TPSA) is 52.0 Å². The smallest absolute Gasteiger partial charge is 0.292 e. The van der Waals surface area contributed by atoms with Crippen molar-refractivity contribution in [3.05, 3.63) is 30.0 Å². The van der Waals surface area contributed by atoms with Crippen molar-refractivity contribution in [2.24, 2.45) is 0 Å². The van der Waals surface area contributed by atoms with Crippen molar-refractivity contribution in [2.75, 3.05) is 11.5 Å². The molecule has 1 aromatic carbocycles. The van der Waals surface area contributed by atoms with Crippen LogP contribution in [0.3, 0.4) is 0 Å². The van der Waals surface area contributed by atoms with Crippen LogP contribution in [0, 0.1) is 0 Å². The van der Waals surface area contributed by atoms with E-state index in [0.717, 1.165) is 17.7 Å². The summed E-state index contributed by atoms with van der Waals surface area (Å²) < 4.78 is 5.32. The molecule has 0 spiro atoms. The highest BCUT2D eigenvalue weighted by Gasteiger charge is 2.12. The standard InChI is InChI=1S/C12H12N2OS/c13-12-14-7-10(15-12)8-3-4-11-9(6-8)2-1-5-16-11/h3-4,6-7H,1-2,5H2,(H2,13,14). The van der Waals surface area contributed by atoms with Gasteiger partial charge in [0, 0.05) is 10.5 Å². The Bertz CT molecular complexity index is 521. The summed E-state index contributed by atoms with van der Waals surface area (Å²) in [6.45, 7) is 0. The number of rotatable bonds is 1. The lowest BCUT2D eigenvalue weighted by Gasteiger charge is -2.15. The van der Waals surface area contributed by atoms with E-state index in [0.29, 0.717) is 0 Å². The maximum atomic E-state index is 5.47. The number of hydrogen-bond donors (Lipinski definition) is 1. The number of oxazole rings is 1. The van der Waals surface area contributed by atoms with Crippen molar-refractivity contribution in [1.82, 2.24) is 4.98 Å². The predicted molar refractivity (Wildman–Crippen MR) is 65.4 cm³/mol. The Labute approximate surface area is 98.1 Å². The molecule has 1 aromatic heterocycles. The summed E-state index contributed by atoms with van der Waals surface area (Å²) in [5, 5.41) is 0. The molecule has 4 heteroatoms. The first-order valence-electron chi connectivity index (χ1n) is 5.30. The SMILES string of the molecule is Nc1ncc(-c2ccc3c(c2)CCCS3)o1. The monoisotopic (exact) mass is 232 g/mol. The molecule has 0 unspecified atom stereocenters. The van der Waals surface area contributed by atoms with Gasteiger partial charge in [-0.3, -0.25) is 0 Å². The maximum Gasteiger partial charge on any atom is 0.292 e. The highest BCUT2D eigenvalue weighted by atomic mass is 32.2. The van der Waals surface area contributed by atoms with Crippen LogP contribution in [0.25, 0.3) is 11.3 Å². The second-order valence-electron chi connectivity index (χ2n) is 3.84. The molecule has 0 fully saturated rings. The Morgan fingerprint density at radius 3 is 3.12 bits per heavy atom. The summed E-state index contributed by atoms with van der Waals surface area (Å²) in [5.41, 5.74) is 7.94. The van der Waals surface area contributed by atoms with E-state index < -0.39 is 0 Å². The molecule has 16 heavy (non-hydrogen) atoms. The van der Waals surface area contributed by atoms with Crippen LogP contribution < -0.4 is 5.73 Å². The first-order valence-corrected chi connectivity index (χ1v) is 6.29. The van der Waals surface area contributed by atoms with E-state index in [1.165, 1.54) is 22.6 Å². The molecular formula is C12H12N2OS. The fourth-order valence-electron chi connectivity index (χ4n) is 1.93. The second kappa shape index (κ2) is 3.87. The van der Waals surface area contributed by atoms with Crippen LogP contribution in [-0.2, 0) is 6.42 Å². The summed E-state index contributed by atoms with van der Waals surface area (Å²) in [5.74, 6) is 1.97. The first kappa shape index (κ1) is 9.78. The molecule has 3 rings (SSSR count). The van der Waals surface area contributed by atoms with E-state index in [2.05, 4.69) is 23.2 Å². The van der Waals surface area contributed by atoms with E-state index in [1.54, 1.807) is 6.20 Å². The van der Waals surface area contributed by atoms with Gasteiger partial charge in [-0.05, 0) is 36.3 Å².